The molecule has 1 aliphatic carbocycles. The zero-order chi connectivity index (χ0) is 12.8. The molecule has 1 heterocycles. The Labute approximate surface area is 121 Å². The first-order valence-electron chi connectivity index (χ1n) is 7.44. The maximum Gasteiger partial charge on any atom is 0.0404 e. The molecule has 1 fully saturated rings. The largest absolute Gasteiger partial charge is 0.152 e. The van der Waals surface area contributed by atoms with Gasteiger partial charge in [-0.1, -0.05) is 39.0 Å². The molecule has 1 aromatic rings. The zero-order valence-corrected chi connectivity index (χ0v) is 13.0. The molecule has 0 bridgehead atoms. The topological polar surface area (TPSA) is 0 Å². The van der Waals surface area contributed by atoms with Gasteiger partial charge in [0.15, 0.2) is 0 Å². The van der Waals surface area contributed by atoms with Gasteiger partial charge in [-0.05, 0) is 53.5 Å². The third-order valence-corrected chi connectivity index (χ3v) is 5.62. The molecule has 1 saturated carbocycles. The van der Waals surface area contributed by atoms with E-state index >= 15 is 0 Å². The van der Waals surface area contributed by atoms with Gasteiger partial charge in [0.2, 0.25) is 0 Å². The minimum atomic E-state index is 0.353. The molecule has 1 unspecified atom stereocenters. The highest BCUT2D eigenvalue weighted by Gasteiger charge is 2.26. The summed E-state index contributed by atoms with van der Waals surface area (Å²) in [6.45, 7) is 2.29. The van der Waals surface area contributed by atoms with E-state index < -0.39 is 0 Å². The average molecular weight is 285 g/mol. The van der Waals surface area contributed by atoms with Crippen LogP contribution in [-0.2, 0) is 6.42 Å². The summed E-state index contributed by atoms with van der Waals surface area (Å²) in [6, 6.07) is 2.22. The Morgan fingerprint density at radius 2 is 2.11 bits per heavy atom. The summed E-state index contributed by atoms with van der Waals surface area (Å²) in [5, 5.41) is 4.75. The van der Waals surface area contributed by atoms with Crippen molar-refractivity contribution in [2.45, 2.75) is 63.7 Å². The SMILES string of the molecule is CCCCC1CCC(C(Cl)Cc2ccsc2)CC1. The number of unbranched alkanes of at least 4 members (excludes halogenated alkanes) is 1. The molecule has 1 aromatic heterocycles. The minimum Gasteiger partial charge on any atom is -0.152 e. The predicted molar refractivity (Wildman–Crippen MR) is 82.6 cm³/mol. The molecule has 1 aliphatic rings. The van der Waals surface area contributed by atoms with Gasteiger partial charge in [0.05, 0.1) is 0 Å². The summed E-state index contributed by atoms with van der Waals surface area (Å²) in [5.74, 6) is 1.75. The van der Waals surface area contributed by atoms with Crippen LogP contribution < -0.4 is 0 Å². The molecule has 2 rings (SSSR count). The maximum absolute atomic E-state index is 6.61. The van der Waals surface area contributed by atoms with Crippen LogP contribution in [0.5, 0.6) is 0 Å². The lowest BCUT2D eigenvalue weighted by molar-refractivity contribution is 0.253. The Hall–Kier alpha value is -0.0100. The van der Waals surface area contributed by atoms with Crippen LogP contribution in [0.4, 0.5) is 0 Å². The van der Waals surface area contributed by atoms with E-state index in [0.29, 0.717) is 5.38 Å². The normalized spacial score (nSPS) is 26.1. The molecule has 0 nitrogen and oxygen atoms in total. The Balaban J connectivity index is 1.72. The van der Waals surface area contributed by atoms with Crippen molar-refractivity contribution in [2.75, 3.05) is 0 Å². The second-order valence-corrected chi connectivity index (χ2v) is 7.12. The number of thiophene rings is 1. The molecule has 0 aromatic carbocycles. The summed E-state index contributed by atoms with van der Waals surface area (Å²) in [5.41, 5.74) is 1.42. The van der Waals surface area contributed by atoms with E-state index in [9.17, 15) is 0 Å². The fourth-order valence-electron chi connectivity index (χ4n) is 3.13. The molecule has 0 radical (unpaired) electrons. The van der Waals surface area contributed by atoms with Crippen molar-refractivity contribution in [2.24, 2.45) is 11.8 Å². The summed E-state index contributed by atoms with van der Waals surface area (Å²) in [4.78, 5) is 0. The molecular formula is C16H25ClS. The van der Waals surface area contributed by atoms with Crippen molar-refractivity contribution in [3.63, 3.8) is 0 Å². The van der Waals surface area contributed by atoms with Crippen molar-refractivity contribution in [1.82, 2.24) is 0 Å². The molecule has 0 amide bonds. The van der Waals surface area contributed by atoms with Gasteiger partial charge in [-0.25, -0.2) is 0 Å². The fraction of sp³-hybridized carbons (Fsp3) is 0.750. The quantitative estimate of drug-likeness (QED) is 0.571. The van der Waals surface area contributed by atoms with Crippen LogP contribution in [0.15, 0.2) is 16.8 Å². The summed E-state index contributed by atoms with van der Waals surface area (Å²) in [6.07, 6.45) is 10.8. The number of rotatable bonds is 6. The van der Waals surface area contributed by atoms with E-state index in [1.54, 1.807) is 11.3 Å². The first-order chi connectivity index (χ1) is 8.79. The van der Waals surface area contributed by atoms with Gasteiger partial charge in [-0.2, -0.15) is 11.3 Å². The molecule has 102 valence electrons. The van der Waals surface area contributed by atoms with E-state index in [1.807, 2.05) is 0 Å². The summed E-state index contributed by atoms with van der Waals surface area (Å²) < 4.78 is 0. The number of hydrogen-bond donors (Lipinski definition) is 0. The second kappa shape index (κ2) is 7.55. The summed E-state index contributed by atoms with van der Waals surface area (Å²) >= 11 is 8.39. The van der Waals surface area contributed by atoms with E-state index in [4.69, 9.17) is 11.6 Å². The number of hydrogen-bond acceptors (Lipinski definition) is 1. The lowest BCUT2D eigenvalue weighted by Crippen LogP contribution is -2.23. The van der Waals surface area contributed by atoms with Crippen molar-refractivity contribution < 1.29 is 0 Å². The molecule has 0 aliphatic heterocycles. The van der Waals surface area contributed by atoms with Gasteiger partial charge in [-0.3, -0.25) is 0 Å². The molecule has 0 saturated heterocycles. The molecule has 0 N–H and O–H groups in total. The van der Waals surface area contributed by atoms with Crippen LogP contribution in [0, 0.1) is 11.8 Å². The lowest BCUT2D eigenvalue weighted by Gasteiger charge is -2.31. The predicted octanol–water partition coefficient (Wildman–Crippen LogP) is 5.89. The van der Waals surface area contributed by atoms with Crippen LogP contribution in [0.25, 0.3) is 0 Å². The van der Waals surface area contributed by atoms with Gasteiger partial charge in [-0.15, -0.1) is 11.6 Å². The Bertz CT molecular complexity index is 312. The van der Waals surface area contributed by atoms with Crippen LogP contribution in [0.1, 0.15) is 57.4 Å². The van der Waals surface area contributed by atoms with Gasteiger partial charge < -0.3 is 0 Å². The van der Waals surface area contributed by atoms with Crippen LogP contribution >= 0.6 is 22.9 Å². The lowest BCUT2D eigenvalue weighted by atomic mass is 9.77. The standard InChI is InChI=1S/C16H25ClS/c1-2-3-4-13-5-7-15(8-6-13)16(17)11-14-9-10-18-12-14/h9-10,12-13,15-16H,2-8,11H2,1H3. The molecule has 1 atom stereocenters. The maximum atomic E-state index is 6.61. The number of alkyl halides is 1. The average Bonchev–Trinajstić information content (AvgIpc) is 2.89. The molecule has 2 heteroatoms. The third kappa shape index (κ3) is 4.28. The first-order valence-corrected chi connectivity index (χ1v) is 8.82. The Kier molecular flexibility index (Phi) is 6.04. The van der Waals surface area contributed by atoms with E-state index in [2.05, 4.69) is 23.8 Å². The van der Waals surface area contributed by atoms with Crippen molar-refractivity contribution in [3.05, 3.63) is 22.4 Å². The highest BCUT2D eigenvalue weighted by Crippen LogP contribution is 2.36. The van der Waals surface area contributed by atoms with Crippen molar-refractivity contribution >= 4 is 22.9 Å². The smallest absolute Gasteiger partial charge is 0.0404 e. The highest BCUT2D eigenvalue weighted by atomic mass is 35.5. The first kappa shape index (κ1) is 14.4. The fourth-order valence-corrected chi connectivity index (χ4v) is 4.24. The summed E-state index contributed by atoms with van der Waals surface area (Å²) in [7, 11) is 0. The molecule has 0 spiro atoms. The van der Waals surface area contributed by atoms with Crippen molar-refractivity contribution in [1.29, 1.82) is 0 Å². The highest BCUT2D eigenvalue weighted by molar-refractivity contribution is 7.07. The number of halogens is 1. The Morgan fingerprint density at radius 3 is 2.72 bits per heavy atom. The molecule has 18 heavy (non-hydrogen) atoms. The zero-order valence-electron chi connectivity index (χ0n) is 11.4. The monoisotopic (exact) mass is 284 g/mol. The van der Waals surface area contributed by atoms with Crippen molar-refractivity contribution in [3.8, 4) is 0 Å². The van der Waals surface area contributed by atoms with Gasteiger partial charge in [0, 0.05) is 5.38 Å². The second-order valence-electron chi connectivity index (χ2n) is 5.77. The van der Waals surface area contributed by atoms with E-state index in [0.717, 1.165) is 18.3 Å². The van der Waals surface area contributed by atoms with Crippen LogP contribution in [0.3, 0.4) is 0 Å². The molecular weight excluding hydrogens is 260 g/mol. The van der Waals surface area contributed by atoms with Gasteiger partial charge in [0.25, 0.3) is 0 Å². The Morgan fingerprint density at radius 1 is 1.33 bits per heavy atom. The van der Waals surface area contributed by atoms with Crippen LogP contribution in [-0.4, -0.2) is 5.38 Å². The van der Waals surface area contributed by atoms with E-state index in [1.165, 1.54) is 50.5 Å². The van der Waals surface area contributed by atoms with Gasteiger partial charge in [0.1, 0.15) is 0 Å². The minimum absolute atomic E-state index is 0.353. The third-order valence-electron chi connectivity index (χ3n) is 4.38. The van der Waals surface area contributed by atoms with E-state index in [-0.39, 0.29) is 0 Å². The van der Waals surface area contributed by atoms with Gasteiger partial charge >= 0.3 is 0 Å². The van der Waals surface area contributed by atoms with Crippen LogP contribution in [0.2, 0.25) is 0 Å².